The highest BCUT2D eigenvalue weighted by Gasteiger charge is 2.36. The van der Waals surface area contributed by atoms with Crippen molar-refractivity contribution in [1.29, 1.82) is 0 Å². The van der Waals surface area contributed by atoms with Crippen molar-refractivity contribution in [2.75, 3.05) is 18.8 Å². The van der Waals surface area contributed by atoms with Gasteiger partial charge < -0.3 is 5.73 Å². The van der Waals surface area contributed by atoms with Gasteiger partial charge in [-0.15, -0.1) is 0 Å². The Morgan fingerprint density at radius 3 is 2.50 bits per heavy atom. The van der Waals surface area contributed by atoms with Crippen molar-refractivity contribution in [3.05, 3.63) is 17.3 Å². The number of anilines is 1. The van der Waals surface area contributed by atoms with Crippen LogP contribution in [0.2, 0.25) is 5.02 Å². The fraction of sp³-hybridized carbons (Fsp3) is 0.500. The monoisotopic (exact) mass is 331 g/mol. The van der Waals surface area contributed by atoms with Crippen LogP contribution >= 0.6 is 11.6 Å². The molecule has 5 nitrogen and oxygen atoms in total. The maximum atomic E-state index is 12.5. The Morgan fingerprint density at radius 1 is 1.45 bits per heavy atom. The van der Waals surface area contributed by atoms with Gasteiger partial charge in [-0.1, -0.05) is 18.5 Å². The van der Waals surface area contributed by atoms with Gasteiger partial charge in [-0.25, -0.2) is 13.4 Å². The number of sulfonamides is 1. The van der Waals surface area contributed by atoms with E-state index >= 15 is 0 Å². The summed E-state index contributed by atoms with van der Waals surface area (Å²) >= 11 is 5.64. The molecule has 0 fully saturated rings. The molecule has 0 aliphatic rings. The Hall–Kier alpha value is -1.06. The van der Waals surface area contributed by atoms with Gasteiger partial charge in [0, 0.05) is 12.7 Å². The van der Waals surface area contributed by atoms with E-state index in [-0.39, 0.29) is 23.8 Å². The van der Waals surface area contributed by atoms with E-state index in [0.29, 0.717) is 4.31 Å². The molecule has 114 valence electrons. The molecule has 0 aliphatic carbocycles. The number of nitrogens with zero attached hydrogens (tertiary/aromatic N) is 2. The van der Waals surface area contributed by atoms with Crippen LogP contribution in [0.4, 0.5) is 19.0 Å². The van der Waals surface area contributed by atoms with Gasteiger partial charge in [-0.05, 0) is 12.5 Å². The van der Waals surface area contributed by atoms with Crippen molar-refractivity contribution >= 4 is 27.4 Å². The van der Waals surface area contributed by atoms with E-state index in [4.69, 9.17) is 17.3 Å². The van der Waals surface area contributed by atoms with Crippen molar-refractivity contribution in [2.45, 2.75) is 24.4 Å². The minimum Gasteiger partial charge on any atom is -0.382 e. The van der Waals surface area contributed by atoms with Crippen LogP contribution in [0, 0.1) is 0 Å². The topological polar surface area (TPSA) is 76.3 Å². The van der Waals surface area contributed by atoms with Gasteiger partial charge in [0.25, 0.3) is 0 Å². The summed E-state index contributed by atoms with van der Waals surface area (Å²) in [6, 6.07) is 0.984. The first-order valence-corrected chi connectivity index (χ1v) is 7.37. The number of halogens is 4. The lowest BCUT2D eigenvalue weighted by Crippen LogP contribution is -2.39. The molecule has 0 saturated heterocycles. The zero-order chi connectivity index (χ0) is 15.6. The largest absolute Gasteiger partial charge is 0.402 e. The quantitative estimate of drug-likeness (QED) is 0.898. The van der Waals surface area contributed by atoms with Crippen molar-refractivity contribution in [3.8, 4) is 0 Å². The summed E-state index contributed by atoms with van der Waals surface area (Å²) in [5.74, 6) is -0.0940. The molecular formula is C10H13ClF3N3O2S. The molecule has 0 unspecified atom stereocenters. The Morgan fingerprint density at radius 2 is 2.05 bits per heavy atom. The van der Waals surface area contributed by atoms with Crippen LogP contribution in [0.3, 0.4) is 0 Å². The summed E-state index contributed by atoms with van der Waals surface area (Å²) in [6.45, 7) is -0.248. The van der Waals surface area contributed by atoms with Crippen molar-refractivity contribution in [1.82, 2.24) is 9.29 Å². The predicted molar refractivity (Wildman–Crippen MR) is 68.8 cm³/mol. The summed E-state index contributed by atoms with van der Waals surface area (Å²) < 4.78 is 62.0. The highest BCUT2D eigenvalue weighted by Crippen LogP contribution is 2.25. The summed E-state index contributed by atoms with van der Waals surface area (Å²) in [6.07, 6.45) is -3.51. The number of hydrogen-bond acceptors (Lipinski definition) is 4. The van der Waals surface area contributed by atoms with Gasteiger partial charge in [0.05, 0.1) is 5.02 Å². The molecule has 0 radical (unpaired) electrons. The lowest BCUT2D eigenvalue weighted by atomic mass is 10.4. The van der Waals surface area contributed by atoms with E-state index in [1.807, 2.05) is 0 Å². The number of rotatable bonds is 5. The highest BCUT2D eigenvalue weighted by atomic mass is 35.5. The minimum atomic E-state index is -4.63. The lowest BCUT2D eigenvalue weighted by Gasteiger charge is -2.22. The van der Waals surface area contributed by atoms with Crippen LogP contribution in [-0.4, -0.2) is 37.0 Å². The van der Waals surface area contributed by atoms with Gasteiger partial charge in [-0.2, -0.15) is 17.5 Å². The SMILES string of the molecule is CCCN(CC(F)(F)F)S(=O)(=O)c1cnc(N)c(Cl)c1. The first-order chi connectivity index (χ1) is 9.08. The normalized spacial score (nSPS) is 12.9. The number of alkyl halides is 3. The van der Waals surface area contributed by atoms with E-state index in [1.54, 1.807) is 6.92 Å². The van der Waals surface area contributed by atoms with Crippen LogP contribution in [0.1, 0.15) is 13.3 Å². The maximum Gasteiger partial charge on any atom is 0.402 e. The fourth-order valence-electron chi connectivity index (χ4n) is 1.45. The predicted octanol–water partition coefficient (Wildman–Crippen LogP) is 2.28. The van der Waals surface area contributed by atoms with Crippen LogP contribution in [0.25, 0.3) is 0 Å². The number of pyridine rings is 1. The molecule has 0 atom stereocenters. The number of nitrogen functional groups attached to an aromatic ring is 1. The third kappa shape index (κ3) is 4.22. The average Bonchev–Trinajstić information content (AvgIpc) is 2.30. The third-order valence-corrected chi connectivity index (χ3v) is 4.42. The second-order valence-electron chi connectivity index (χ2n) is 3.99. The summed E-state index contributed by atoms with van der Waals surface area (Å²) in [7, 11) is -4.32. The van der Waals surface area contributed by atoms with Gasteiger partial charge in [0.1, 0.15) is 17.3 Å². The molecule has 1 aromatic heterocycles. The summed E-state index contributed by atoms with van der Waals surface area (Å²) in [5, 5.41) is -0.130. The zero-order valence-electron chi connectivity index (χ0n) is 10.5. The minimum absolute atomic E-state index is 0.0940. The van der Waals surface area contributed by atoms with Gasteiger partial charge in [-0.3, -0.25) is 0 Å². The Bertz CT molecular complexity index is 578. The molecule has 1 heterocycles. The molecule has 1 aromatic rings. The molecule has 1 rings (SSSR count). The van der Waals surface area contributed by atoms with E-state index in [9.17, 15) is 21.6 Å². The van der Waals surface area contributed by atoms with E-state index < -0.39 is 27.6 Å². The Kier molecular flexibility index (Phi) is 5.22. The van der Waals surface area contributed by atoms with Gasteiger partial charge in [0.15, 0.2) is 0 Å². The number of hydrogen-bond donors (Lipinski definition) is 1. The molecule has 10 heteroatoms. The lowest BCUT2D eigenvalue weighted by molar-refractivity contribution is -0.136. The molecule has 0 amide bonds. The van der Waals surface area contributed by atoms with E-state index in [1.165, 1.54) is 0 Å². The molecule has 0 saturated carbocycles. The second-order valence-corrected chi connectivity index (χ2v) is 6.34. The molecule has 0 aliphatic heterocycles. The zero-order valence-corrected chi connectivity index (χ0v) is 12.1. The van der Waals surface area contributed by atoms with Crippen LogP contribution in [0.5, 0.6) is 0 Å². The van der Waals surface area contributed by atoms with Crippen LogP contribution in [-0.2, 0) is 10.0 Å². The first-order valence-electron chi connectivity index (χ1n) is 5.56. The Labute approximate surface area is 119 Å². The number of aromatic nitrogens is 1. The molecule has 2 N–H and O–H groups in total. The van der Waals surface area contributed by atoms with Gasteiger partial charge >= 0.3 is 6.18 Å². The molecule has 20 heavy (non-hydrogen) atoms. The van der Waals surface area contributed by atoms with Crippen LogP contribution in [0.15, 0.2) is 17.2 Å². The Balaban J connectivity index is 3.18. The molecule has 0 spiro atoms. The molecule has 0 bridgehead atoms. The van der Waals surface area contributed by atoms with Crippen molar-refractivity contribution < 1.29 is 21.6 Å². The average molecular weight is 332 g/mol. The van der Waals surface area contributed by atoms with Crippen LogP contribution < -0.4 is 5.73 Å². The first kappa shape index (κ1) is 17.0. The van der Waals surface area contributed by atoms with Gasteiger partial charge in [0.2, 0.25) is 10.0 Å². The molecular weight excluding hydrogens is 319 g/mol. The molecule has 0 aromatic carbocycles. The third-order valence-electron chi connectivity index (χ3n) is 2.31. The highest BCUT2D eigenvalue weighted by molar-refractivity contribution is 7.89. The smallest absolute Gasteiger partial charge is 0.382 e. The summed E-state index contributed by atoms with van der Waals surface area (Å²) in [4.78, 5) is 3.12. The maximum absolute atomic E-state index is 12.5. The standard InChI is InChI=1S/C10H13ClF3N3O2S/c1-2-3-17(6-10(12,13)14)20(18,19)7-4-8(11)9(15)16-5-7/h4-5H,2-3,6H2,1H3,(H2,15,16). The van der Waals surface area contributed by atoms with Crippen molar-refractivity contribution in [3.63, 3.8) is 0 Å². The van der Waals surface area contributed by atoms with E-state index in [2.05, 4.69) is 4.98 Å². The van der Waals surface area contributed by atoms with E-state index in [0.717, 1.165) is 12.3 Å². The number of nitrogens with two attached hydrogens (primary N) is 1. The van der Waals surface area contributed by atoms with Crippen molar-refractivity contribution in [2.24, 2.45) is 0 Å². The summed E-state index contributed by atoms with van der Waals surface area (Å²) in [5.41, 5.74) is 5.34. The fourth-order valence-corrected chi connectivity index (χ4v) is 3.18. The second kappa shape index (κ2) is 6.15.